The molecule has 0 spiro atoms. The van der Waals surface area contributed by atoms with Crippen LogP contribution in [0.25, 0.3) is 0 Å². The number of fused-ring (bicyclic) bond motifs is 1. The fourth-order valence-corrected chi connectivity index (χ4v) is 6.32. The Balaban J connectivity index is 1.49. The lowest BCUT2D eigenvalue weighted by Gasteiger charge is -2.09. The predicted molar refractivity (Wildman–Crippen MR) is 92.6 cm³/mol. The SMILES string of the molecule is O=C(C[C@H]1CCS(=O)(=O)C1)NNC(=O)c1cc2c(s1)CCCCC2. The Morgan fingerprint density at radius 3 is 2.71 bits per heavy atom. The molecule has 1 aromatic heterocycles. The van der Waals surface area contributed by atoms with Crippen LogP contribution in [0.4, 0.5) is 0 Å². The Morgan fingerprint density at radius 1 is 1.17 bits per heavy atom. The van der Waals surface area contributed by atoms with Crippen molar-refractivity contribution in [2.75, 3.05) is 11.5 Å². The first kappa shape index (κ1) is 17.4. The molecule has 0 saturated carbocycles. The fourth-order valence-electron chi connectivity index (χ4n) is 3.31. The molecule has 2 amide bonds. The van der Waals surface area contributed by atoms with Gasteiger partial charge in [0.1, 0.15) is 0 Å². The molecule has 1 aliphatic carbocycles. The van der Waals surface area contributed by atoms with Gasteiger partial charge >= 0.3 is 0 Å². The number of hydrazine groups is 1. The van der Waals surface area contributed by atoms with Gasteiger partial charge in [0.15, 0.2) is 9.84 Å². The van der Waals surface area contributed by atoms with Crippen molar-refractivity contribution in [1.29, 1.82) is 0 Å². The third-order valence-corrected chi connectivity index (χ3v) is 7.66. The monoisotopic (exact) mass is 370 g/mol. The number of nitrogens with one attached hydrogen (secondary N) is 2. The number of sulfone groups is 1. The Labute approximate surface area is 145 Å². The Bertz CT molecular complexity index is 716. The lowest BCUT2D eigenvalue weighted by atomic mass is 10.1. The van der Waals surface area contributed by atoms with Crippen LogP contribution in [-0.4, -0.2) is 31.7 Å². The van der Waals surface area contributed by atoms with Gasteiger partial charge in [0.25, 0.3) is 5.91 Å². The van der Waals surface area contributed by atoms with E-state index < -0.39 is 9.84 Å². The van der Waals surface area contributed by atoms with E-state index >= 15 is 0 Å². The second-order valence-electron chi connectivity index (χ2n) is 6.60. The summed E-state index contributed by atoms with van der Waals surface area (Å²) in [6, 6.07) is 1.93. The molecule has 6 nitrogen and oxygen atoms in total. The first-order chi connectivity index (χ1) is 11.4. The van der Waals surface area contributed by atoms with E-state index in [0.717, 1.165) is 25.7 Å². The van der Waals surface area contributed by atoms with E-state index in [4.69, 9.17) is 0 Å². The second kappa shape index (κ2) is 7.23. The molecule has 132 valence electrons. The summed E-state index contributed by atoms with van der Waals surface area (Å²) >= 11 is 1.50. The highest BCUT2D eigenvalue weighted by molar-refractivity contribution is 7.91. The number of aryl methyl sites for hydroxylation is 2. The summed E-state index contributed by atoms with van der Waals surface area (Å²) < 4.78 is 22.8. The first-order valence-corrected chi connectivity index (χ1v) is 11.0. The average Bonchev–Trinajstić information content (AvgIpc) is 3.01. The molecule has 1 atom stereocenters. The summed E-state index contributed by atoms with van der Waals surface area (Å²) in [6.07, 6.45) is 6.23. The molecule has 0 bridgehead atoms. The van der Waals surface area contributed by atoms with Gasteiger partial charge in [0.05, 0.1) is 16.4 Å². The third-order valence-electron chi connectivity index (χ3n) is 4.59. The van der Waals surface area contributed by atoms with Gasteiger partial charge in [-0.1, -0.05) is 6.42 Å². The van der Waals surface area contributed by atoms with Gasteiger partial charge in [0.2, 0.25) is 5.91 Å². The third kappa shape index (κ3) is 4.36. The molecule has 0 aromatic carbocycles. The van der Waals surface area contributed by atoms with Crippen molar-refractivity contribution in [3.05, 3.63) is 21.4 Å². The van der Waals surface area contributed by atoms with Crippen molar-refractivity contribution in [3.8, 4) is 0 Å². The van der Waals surface area contributed by atoms with Crippen molar-refractivity contribution in [1.82, 2.24) is 10.9 Å². The topological polar surface area (TPSA) is 92.3 Å². The molecule has 8 heteroatoms. The van der Waals surface area contributed by atoms with Crippen LogP contribution < -0.4 is 10.9 Å². The van der Waals surface area contributed by atoms with Crippen LogP contribution in [0.15, 0.2) is 6.07 Å². The zero-order valence-electron chi connectivity index (χ0n) is 13.5. The molecule has 2 aliphatic rings. The van der Waals surface area contributed by atoms with Gasteiger partial charge in [0, 0.05) is 11.3 Å². The smallest absolute Gasteiger partial charge is 0.273 e. The quantitative estimate of drug-likeness (QED) is 0.624. The normalized spacial score (nSPS) is 22.4. The van der Waals surface area contributed by atoms with Gasteiger partial charge < -0.3 is 0 Å². The molecule has 1 aliphatic heterocycles. The lowest BCUT2D eigenvalue weighted by molar-refractivity contribution is -0.122. The average molecular weight is 370 g/mol. The molecule has 2 heterocycles. The second-order valence-corrected chi connectivity index (χ2v) is 9.96. The number of carbonyl (C=O) groups excluding carboxylic acids is 2. The maximum absolute atomic E-state index is 12.2. The highest BCUT2D eigenvalue weighted by Gasteiger charge is 2.29. The minimum absolute atomic E-state index is 0.0615. The molecule has 3 rings (SSSR count). The van der Waals surface area contributed by atoms with Crippen LogP contribution in [0.3, 0.4) is 0 Å². The maximum Gasteiger partial charge on any atom is 0.279 e. The van der Waals surface area contributed by atoms with Gasteiger partial charge in [-0.05, 0) is 49.7 Å². The zero-order valence-corrected chi connectivity index (χ0v) is 15.1. The number of amides is 2. The van der Waals surface area contributed by atoms with Gasteiger partial charge in [-0.25, -0.2) is 8.42 Å². The zero-order chi connectivity index (χ0) is 17.2. The van der Waals surface area contributed by atoms with E-state index in [2.05, 4.69) is 10.9 Å². The molecule has 1 saturated heterocycles. The number of hydrogen-bond donors (Lipinski definition) is 2. The van der Waals surface area contributed by atoms with E-state index in [9.17, 15) is 18.0 Å². The number of rotatable bonds is 3. The van der Waals surface area contributed by atoms with Crippen LogP contribution in [0.5, 0.6) is 0 Å². The summed E-state index contributed by atoms with van der Waals surface area (Å²) in [6.45, 7) is 0. The van der Waals surface area contributed by atoms with Crippen LogP contribution in [0.1, 0.15) is 52.2 Å². The lowest BCUT2D eigenvalue weighted by Crippen LogP contribution is -2.42. The van der Waals surface area contributed by atoms with E-state index in [1.54, 1.807) is 0 Å². The minimum Gasteiger partial charge on any atom is -0.273 e. The highest BCUT2D eigenvalue weighted by Crippen LogP contribution is 2.28. The Hall–Kier alpha value is -1.41. The predicted octanol–water partition coefficient (Wildman–Crippen LogP) is 1.60. The summed E-state index contributed by atoms with van der Waals surface area (Å²) in [7, 11) is -2.99. The fraction of sp³-hybridized carbons (Fsp3) is 0.625. The molecule has 24 heavy (non-hydrogen) atoms. The molecule has 1 fully saturated rings. The van der Waals surface area contributed by atoms with Gasteiger partial charge in [-0.15, -0.1) is 11.3 Å². The summed E-state index contributed by atoms with van der Waals surface area (Å²) in [5.74, 6) is -0.585. The van der Waals surface area contributed by atoms with E-state index in [1.807, 2.05) is 6.07 Å². The van der Waals surface area contributed by atoms with Crippen LogP contribution >= 0.6 is 11.3 Å². The summed E-state index contributed by atoms with van der Waals surface area (Å²) in [4.78, 5) is 25.9. The van der Waals surface area contributed by atoms with E-state index in [-0.39, 0.29) is 35.7 Å². The molecular weight excluding hydrogens is 348 g/mol. The molecular formula is C16H22N2O4S2. The molecule has 2 N–H and O–H groups in total. The van der Waals surface area contributed by atoms with E-state index in [1.165, 1.54) is 28.2 Å². The van der Waals surface area contributed by atoms with Crippen LogP contribution in [-0.2, 0) is 27.5 Å². The highest BCUT2D eigenvalue weighted by atomic mass is 32.2. The standard InChI is InChI=1S/C16H22N2O4S2/c19-15(8-11-6-7-24(21,22)10-11)17-18-16(20)14-9-12-4-2-1-3-5-13(12)23-14/h9,11H,1-8,10H2,(H,17,19)(H,18,20)/t11-/m1/s1. The molecule has 0 radical (unpaired) electrons. The largest absolute Gasteiger partial charge is 0.279 e. The Kier molecular flexibility index (Phi) is 5.24. The summed E-state index contributed by atoms with van der Waals surface area (Å²) in [5, 5.41) is 0. The van der Waals surface area contributed by atoms with Crippen molar-refractivity contribution in [3.63, 3.8) is 0 Å². The number of hydrogen-bond acceptors (Lipinski definition) is 5. The number of thiophene rings is 1. The van der Waals surface area contributed by atoms with Crippen LogP contribution in [0.2, 0.25) is 0 Å². The van der Waals surface area contributed by atoms with Gasteiger partial charge in [-0.2, -0.15) is 0 Å². The molecule has 0 unspecified atom stereocenters. The minimum atomic E-state index is -2.99. The van der Waals surface area contributed by atoms with Gasteiger partial charge in [-0.3, -0.25) is 20.4 Å². The number of carbonyl (C=O) groups is 2. The van der Waals surface area contributed by atoms with Crippen molar-refractivity contribution >= 4 is 33.0 Å². The van der Waals surface area contributed by atoms with Crippen LogP contribution in [0, 0.1) is 5.92 Å². The van der Waals surface area contributed by atoms with Crippen molar-refractivity contribution in [2.45, 2.75) is 44.9 Å². The first-order valence-electron chi connectivity index (χ1n) is 8.34. The summed E-state index contributed by atoms with van der Waals surface area (Å²) in [5.41, 5.74) is 6.10. The molecule has 1 aromatic rings. The Morgan fingerprint density at radius 2 is 1.96 bits per heavy atom. The van der Waals surface area contributed by atoms with Crippen molar-refractivity contribution in [2.24, 2.45) is 5.92 Å². The maximum atomic E-state index is 12.2. The van der Waals surface area contributed by atoms with E-state index in [0.29, 0.717) is 11.3 Å². The van der Waals surface area contributed by atoms with Crippen molar-refractivity contribution < 1.29 is 18.0 Å².